The highest BCUT2D eigenvalue weighted by atomic mass is 79.9. The molecule has 0 N–H and O–H groups in total. The van der Waals surface area contributed by atoms with Gasteiger partial charge in [0.2, 0.25) is 5.91 Å². The number of aromatic nitrogens is 2. The second kappa shape index (κ2) is 5.87. The van der Waals surface area contributed by atoms with Crippen LogP contribution in [-0.2, 0) is 9.53 Å². The number of anilines is 1. The van der Waals surface area contributed by atoms with Crippen LogP contribution in [0.15, 0.2) is 10.8 Å². The Bertz CT molecular complexity index is 526. The van der Waals surface area contributed by atoms with E-state index in [1.807, 2.05) is 0 Å². The molecule has 0 bridgehead atoms. The number of esters is 1. The van der Waals surface area contributed by atoms with Crippen LogP contribution < -0.4 is 4.90 Å². The van der Waals surface area contributed by atoms with Crippen molar-refractivity contribution in [1.29, 1.82) is 0 Å². The van der Waals surface area contributed by atoms with Crippen molar-refractivity contribution < 1.29 is 14.3 Å². The van der Waals surface area contributed by atoms with E-state index in [1.54, 1.807) is 0 Å². The SMILES string of the molecule is COC(=O)c1nc(Br)cnc1N1CC(CS)CC1=O. The third kappa shape index (κ3) is 2.89. The summed E-state index contributed by atoms with van der Waals surface area (Å²) in [5, 5.41) is 0. The van der Waals surface area contributed by atoms with Crippen LogP contribution in [0.25, 0.3) is 0 Å². The first-order chi connectivity index (χ1) is 9.06. The van der Waals surface area contributed by atoms with Crippen molar-refractivity contribution >= 4 is 46.3 Å². The van der Waals surface area contributed by atoms with Crippen molar-refractivity contribution in [3.8, 4) is 0 Å². The van der Waals surface area contributed by atoms with E-state index in [0.717, 1.165) is 0 Å². The summed E-state index contributed by atoms with van der Waals surface area (Å²) < 4.78 is 5.08. The average molecular weight is 346 g/mol. The van der Waals surface area contributed by atoms with Crippen LogP contribution in [0.2, 0.25) is 0 Å². The summed E-state index contributed by atoms with van der Waals surface area (Å²) in [4.78, 5) is 33.3. The summed E-state index contributed by atoms with van der Waals surface area (Å²) in [5.41, 5.74) is 0.0324. The molecule has 1 aromatic heterocycles. The van der Waals surface area contributed by atoms with Crippen molar-refractivity contribution in [1.82, 2.24) is 9.97 Å². The molecule has 1 aliphatic heterocycles. The maximum Gasteiger partial charge on any atom is 0.360 e. The lowest BCUT2D eigenvalue weighted by molar-refractivity contribution is -0.117. The third-order valence-corrected chi connectivity index (χ3v) is 3.72. The second-order valence-corrected chi connectivity index (χ2v) is 5.29. The molecule has 8 heteroatoms. The van der Waals surface area contributed by atoms with Gasteiger partial charge in [-0.25, -0.2) is 14.8 Å². The second-order valence-electron chi connectivity index (χ2n) is 4.11. The quantitative estimate of drug-likeness (QED) is 0.660. The minimum Gasteiger partial charge on any atom is -0.464 e. The van der Waals surface area contributed by atoms with Gasteiger partial charge in [0.1, 0.15) is 4.60 Å². The molecule has 19 heavy (non-hydrogen) atoms. The number of hydrogen-bond donors (Lipinski definition) is 1. The first kappa shape index (κ1) is 14.3. The fourth-order valence-corrected chi connectivity index (χ4v) is 2.43. The van der Waals surface area contributed by atoms with Crippen molar-refractivity contribution in [2.45, 2.75) is 6.42 Å². The summed E-state index contributed by atoms with van der Waals surface area (Å²) in [6, 6.07) is 0. The molecule has 6 nitrogen and oxygen atoms in total. The first-order valence-corrected chi connectivity index (χ1v) is 7.01. The van der Waals surface area contributed by atoms with Crippen molar-refractivity contribution in [3.63, 3.8) is 0 Å². The van der Waals surface area contributed by atoms with E-state index in [2.05, 4.69) is 43.3 Å². The van der Waals surface area contributed by atoms with Gasteiger partial charge in [-0.2, -0.15) is 12.6 Å². The van der Waals surface area contributed by atoms with Gasteiger partial charge >= 0.3 is 5.97 Å². The Balaban J connectivity index is 2.39. The lowest BCUT2D eigenvalue weighted by Gasteiger charge is -2.17. The predicted octanol–water partition coefficient (Wildman–Crippen LogP) is 1.31. The third-order valence-electron chi connectivity index (χ3n) is 2.82. The molecule has 1 amide bonds. The summed E-state index contributed by atoms with van der Waals surface area (Å²) in [6.45, 7) is 0.489. The zero-order chi connectivity index (χ0) is 14.0. The molecule has 2 rings (SSSR count). The molecule has 102 valence electrons. The molecule has 0 radical (unpaired) electrons. The Labute approximate surface area is 124 Å². The van der Waals surface area contributed by atoms with Gasteiger partial charge in [-0.3, -0.25) is 9.69 Å². The smallest absolute Gasteiger partial charge is 0.360 e. The van der Waals surface area contributed by atoms with Crippen LogP contribution >= 0.6 is 28.6 Å². The van der Waals surface area contributed by atoms with Gasteiger partial charge in [0.05, 0.1) is 13.3 Å². The zero-order valence-corrected chi connectivity index (χ0v) is 12.6. The van der Waals surface area contributed by atoms with E-state index >= 15 is 0 Å². The molecule has 1 fully saturated rings. The Morgan fingerprint density at radius 2 is 2.42 bits per heavy atom. The number of thiol groups is 1. The summed E-state index contributed by atoms with van der Waals surface area (Å²) in [6.07, 6.45) is 1.85. The number of carbonyl (C=O) groups is 2. The normalized spacial score (nSPS) is 18.8. The van der Waals surface area contributed by atoms with Gasteiger partial charge in [0.15, 0.2) is 11.5 Å². The number of ether oxygens (including phenoxy) is 1. The molecule has 1 aliphatic rings. The van der Waals surface area contributed by atoms with E-state index in [-0.39, 0.29) is 23.3 Å². The van der Waals surface area contributed by atoms with Crippen LogP contribution in [0.1, 0.15) is 16.9 Å². The summed E-state index contributed by atoms with van der Waals surface area (Å²) in [7, 11) is 1.26. The topological polar surface area (TPSA) is 72.4 Å². The van der Waals surface area contributed by atoms with E-state index in [0.29, 0.717) is 23.3 Å². The van der Waals surface area contributed by atoms with E-state index < -0.39 is 5.97 Å². The number of rotatable bonds is 3. The number of nitrogens with zero attached hydrogens (tertiary/aromatic N) is 3. The van der Waals surface area contributed by atoms with Gasteiger partial charge in [-0.1, -0.05) is 0 Å². The summed E-state index contributed by atoms with van der Waals surface area (Å²) >= 11 is 7.34. The molecule has 1 unspecified atom stereocenters. The van der Waals surface area contributed by atoms with Crippen LogP contribution in [-0.4, -0.2) is 41.3 Å². The van der Waals surface area contributed by atoms with Gasteiger partial charge in [0, 0.05) is 13.0 Å². The largest absolute Gasteiger partial charge is 0.464 e. The number of amides is 1. The van der Waals surface area contributed by atoms with Crippen LogP contribution in [0.3, 0.4) is 0 Å². The van der Waals surface area contributed by atoms with E-state index in [1.165, 1.54) is 18.2 Å². The Morgan fingerprint density at radius 3 is 3.00 bits per heavy atom. The standard InChI is InChI=1S/C11H12BrN3O3S/c1-18-11(17)9-10(13-3-7(12)14-9)15-4-6(5-19)2-8(15)16/h3,6,19H,2,4-5H2,1H3. The highest BCUT2D eigenvalue weighted by Gasteiger charge is 2.33. The molecule has 0 aliphatic carbocycles. The molecule has 1 aromatic rings. The zero-order valence-electron chi connectivity index (χ0n) is 10.2. The number of carbonyl (C=O) groups excluding carboxylic acids is 2. The minimum atomic E-state index is -0.620. The Hall–Kier alpha value is -1.15. The van der Waals surface area contributed by atoms with E-state index in [9.17, 15) is 9.59 Å². The van der Waals surface area contributed by atoms with Crippen LogP contribution in [0.4, 0.5) is 5.82 Å². The van der Waals surface area contributed by atoms with E-state index in [4.69, 9.17) is 0 Å². The van der Waals surface area contributed by atoms with Gasteiger partial charge in [0.25, 0.3) is 0 Å². The van der Waals surface area contributed by atoms with Crippen molar-refractivity contribution in [3.05, 3.63) is 16.5 Å². The molecule has 2 heterocycles. The Morgan fingerprint density at radius 1 is 1.68 bits per heavy atom. The molecule has 1 atom stereocenters. The molecule has 1 saturated heterocycles. The number of halogens is 1. The maximum atomic E-state index is 12.0. The lowest BCUT2D eigenvalue weighted by Crippen LogP contribution is -2.28. The average Bonchev–Trinajstić information content (AvgIpc) is 2.79. The van der Waals surface area contributed by atoms with Crippen molar-refractivity contribution in [2.75, 3.05) is 24.3 Å². The molecular weight excluding hydrogens is 334 g/mol. The number of methoxy groups -OCH3 is 1. The lowest BCUT2D eigenvalue weighted by atomic mass is 10.1. The molecule has 0 aromatic carbocycles. The highest BCUT2D eigenvalue weighted by Crippen LogP contribution is 2.27. The highest BCUT2D eigenvalue weighted by molar-refractivity contribution is 9.10. The first-order valence-electron chi connectivity index (χ1n) is 5.59. The number of hydrogen-bond acceptors (Lipinski definition) is 6. The minimum absolute atomic E-state index is 0.0324. The molecular formula is C11H12BrN3O3S. The molecule has 0 saturated carbocycles. The van der Waals surface area contributed by atoms with Gasteiger partial charge in [-0.05, 0) is 27.6 Å². The fourth-order valence-electron chi connectivity index (χ4n) is 1.90. The van der Waals surface area contributed by atoms with Crippen LogP contribution in [0.5, 0.6) is 0 Å². The van der Waals surface area contributed by atoms with Crippen molar-refractivity contribution in [2.24, 2.45) is 5.92 Å². The van der Waals surface area contributed by atoms with Gasteiger partial charge < -0.3 is 4.74 Å². The predicted molar refractivity (Wildman–Crippen MR) is 75.4 cm³/mol. The van der Waals surface area contributed by atoms with Gasteiger partial charge in [-0.15, -0.1) is 0 Å². The fraction of sp³-hybridized carbons (Fsp3) is 0.455. The summed E-state index contributed by atoms with van der Waals surface area (Å²) in [5.74, 6) is 0.308. The molecule has 0 spiro atoms. The monoisotopic (exact) mass is 345 g/mol. The maximum absolute atomic E-state index is 12.0. The Kier molecular flexibility index (Phi) is 4.41. The van der Waals surface area contributed by atoms with Crippen LogP contribution in [0, 0.1) is 5.92 Å².